The number of esters is 1. The van der Waals surface area contributed by atoms with E-state index in [-0.39, 0.29) is 30.1 Å². The maximum Gasteiger partial charge on any atom is 0.341 e. The van der Waals surface area contributed by atoms with E-state index >= 15 is 0 Å². The molecule has 0 saturated heterocycles. The number of amides is 1. The van der Waals surface area contributed by atoms with Crippen LogP contribution in [0.2, 0.25) is 0 Å². The number of nitro groups is 1. The lowest BCUT2D eigenvalue weighted by Gasteiger charge is -2.16. The Bertz CT molecular complexity index is 884. The number of carbonyl (C=O) groups is 2. The average Bonchev–Trinajstić information content (AvgIpc) is 2.65. The van der Waals surface area contributed by atoms with Gasteiger partial charge in [-0.25, -0.2) is 4.79 Å². The van der Waals surface area contributed by atoms with Gasteiger partial charge in [0.05, 0.1) is 17.1 Å². The van der Waals surface area contributed by atoms with E-state index in [0.717, 1.165) is 11.6 Å². The molecule has 0 heterocycles. The molecule has 0 aliphatic carbocycles. The fraction of sp³-hybridized carbons (Fsp3) is 0.263. The minimum Gasteiger partial charge on any atom is -0.449 e. The normalized spacial score (nSPS) is 11.4. The number of anilines is 2. The number of ether oxygens (including phenoxy) is 1. The molecule has 2 aromatic rings. The summed E-state index contributed by atoms with van der Waals surface area (Å²) >= 11 is 0. The van der Waals surface area contributed by atoms with E-state index in [9.17, 15) is 19.7 Å². The molecule has 0 spiro atoms. The van der Waals surface area contributed by atoms with Crippen LogP contribution in [0.5, 0.6) is 0 Å². The van der Waals surface area contributed by atoms with E-state index in [1.807, 2.05) is 13.0 Å². The largest absolute Gasteiger partial charge is 0.449 e. The Morgan fingerprint density at radius 2 is 2.00 bits per heavy atom. The average molecular weight is 387 g/mol. The highest BCUT2D eigenvalue weighted by Gasteiger charge is 2.23. The minimum absolute atomic E-state index is 0.0992. The van der Waals surface area contributed by atoms with Crippen LogP contribution in [0, 0.1) is 17.0 Å². The molecule has 0 aliphatic heterocycles. The van der Waals surface area contributed by atoms with Gasteiger partial charge in [0.25, 0.3) is 11.6 Å². The third kappa shape index (κ3) is 5.52. The zero-order valence-corrected chi connectivity index (χ0v) is 15.5. The van der Waals surface area contributed by atoms with Crippen LogP contribution >= 0.6 is 0 Å². The van der Waals surface area contributed by atoms with E-state index in [1.165, 1.54) is 19.1 Å². The van der Waals surface area contributed by atoms with Crippen molar-refractivity contribution >= 4 is 28.9 Å². The number of aliphatic hydroxyl groups excluding tert-OH is 1. The monoisotopic (exact) mass is 387 g/mol. The van der Waals surface area contributed by atoms with Crippen LogP contribution in [0.3, 0.4) is 0 Å². The number of non-ortho nitro benzene ring substituents is 1. The van der Waals surface area contributed by atoms with Crippen LogP contribution in [0.15, 0.2) is 42.5 Å². The van der Waals surface area contributed by atoms with Crippen LogP contribution in [-0.4, -0.2) is 41.2 Å². The fourth-order valence-electron chi connectivity index (χ4n) is 2.40. The highest BCUT2D eigenvalue weighted by atomic mass is 16.6. The smallest absolute Gasteiger partial charge is 0.341 e. The molecule has 9 nitrogen and oxygen atoms in total. The third-order valence-electron chi connectivity index (χ3n) is 3.80. The molecular weight excluding hydrogens is 366 g/mol. The number of rotatable bonds is 8. The lowest BCUT2D eigenvalue weighted by molar-refractivity contribution is -0.384. The second-order valence-electron chi connectivity index (χ2n) is 6.04. The van der Waals surface area contributed by atoms with Crippen LogP contribution < -0.4 is 10.6 Å². The summed E-state index contributed by atoms with van der Waals surface area (Å²) in [6, 6.07) is 10.8. The maximum absolute atomic E-state index is 12.5. The van der Waals surface area contributed by atoms with Gasteiger partial charge in [0.2, 0.25) is 0 Å². The second kappa shape index (κ2) is 9.47. The molecule has 0 saturated carbocycles. The highest BCUT2D eigenvalue weighted by Crippen LogP contribution is 2.23. The van der Waals surface area contributed by atoms with Crippen molar-refractivity contribution in [1.29, 1.82) is 0 Å². The van der Waals surface area contributed by atoms with Crippen molar-refractivity contribution in [3.8, 4) is 0 Å². The van der Waals surface area contributed by atoms with E-state index in [4.69, 9.17) is 9.84 Å². The van der Waals surface area contributed by atoms with Gasteiger partial charge in [-0.3, -0.25) is 14.9 Å². The van der Waals surface area contributed by atoms with Crippen LogP contribution in [-0.2, 0) is 9.53 Å². The summed E-state index contributed by atoms with van der Waals surface area (Å²) in [5.74, 6) is -1.43. The number of carbonyl (C=O) groups excluding carboxylic acids is 2. The van der Waals surface area contributed by atoms with Gasteiger partial charge in [-0.1, -0.05) is 12.1 Å². The number of nitrogens with one attached hydrogen (secondary N) is 2. The molecule has 2 aromatic carbocycles. The summed E-state index contributed by atoms with van der Waals surface area (Å²) in [5.41, 5.74) is 1.39. The number of nitro benzene ring substituents is 1. The lowest BCUT2D eigenvalue weighted by atomic mass is 10.1. The third-order valence-corrected chi connectivity index (χ3v) is 3.80. The van der Waals surface area contributed by atoms with Crippen molar-refractivity contribution in [3.63, 3.8) is 0 Å². The standard InChI is InChI=1S/C19H21N3O6/c1-12-4-3-5-14(10-12)21-18(24)13(2)28-19(25)16-11-15(22(26)27)6-7-17(16)20-8-9-23/h3-7,10-11,13,20,23H,8-9H2,1-2H3,(H,21,24)/t13-/m0/s1. The molecule has 0 aliphatic rings. The summed E-state index contributed by atoms with van der Waals surface area (Å²) in [6.45, 7) is 3.23. The quantitative estimate of drug-likeness (QED) is 0.360. The maximum atomic E-state index is 12.5. The fourth-order valence-corrected chi connectivity index (χ4v) is 2.40. The van der Waals surface area contributed by atoms with Crippen LogP contribution in [0.25, 0.3) is 0 Å². The molecule has 2 rings (SSSR count). The predicted octanol–water partition coefficient (Wildman–Crippen LogP) is 2.49. The first-order valence-corrected chi connectivity index (χ1v) is 8.53. The lowest BCUT2D eigenvalue weighted by Crippen LogP contribution is -2.30. The van der Waals surface area contributed by atoms with Crippen LogP contribution in [0.4, 0.5) is 17.1 Å². The molecule has 9 heteroatoms. The first-order chi connectivity index (χ1) is 13.3. The number of nitrogens with zero attached hydrogens (tertiary/aromatic N) is 1. The molecule has 3 N–H and O–H groups in total. The highest BCUT2D eigenvalue weighted by molar-refractivity contribution is 6.00. The molecule has 0 radical (unpaired) electrons. The molecule has 0 unspecified atom stereocenters. The summed E-state index contributed by atoms with van der Waals surface area (Å²) in [4.78, 5) is 35.1. The molecule has 0 bridgehead atoms. The predicted molar refractivity (Wildman–Crippen MR) is 103 cm³/mol. The Labute approximate surface area is 161 Å². The molecule has 0 aromatic heterocycles. The van der Waals surface area contributed by atoms with Crippen molar-refractivity contribution in [2.45, 2.75) is 20.0 Å². The molecule has 1 amide bonds. The van der Waals surface area contributed by atoms with Crippen LogP contribution in [0.1, 0.15) is 22.8 Å². The molecule has 1 atom stereocenters. The van der Waals surface area contributed by atoms with E-state index in [2.05, 4.69) is 10.6 Å². The van der Waals surface area contributed by atoms with Gasteiger partial charge < -0.3 is 20.5 Å². The van der Waals surface area contributed by atoms with Gasteiger partial charge in [-0.2, -0.15) is 0 Å². The van der Waals surface area contributed by atoms with Gasteiger partial charge in [0.1, 0.15) is 0 Å². The SMILES string of the molecule is Cc1cccc(NC(=O)[C@H](C)OC(=O)c2cc([N+](=O)[O-])ccc2NCCO)c1. The van der Waals surface area contributed by atoms with E-state index < -0.39 is 22.9 Å². The molecular formula is C19H21N3O6. The summed E-state index contributed by atoms with van der Waals surface area (Å²) in [6.07, 6.45) is -1.13. The van der Waals surface area contributed by atoms with Gasteiger partial charge in [-0.05, 0) is 37.6 Å². The first-order valence-electron chi connectivity index (χ1n) is 8.53. The van der Waals surface area contributed by atoms with E-state index in [1.54, 1.807) is 18.2 Å². The number of hydrogen-bond acceptors (Lipinski definition) is 7. The summed E-state index contributed by atoms with van der Waals surface area (Å²) in [5, 5.41) is 25.4. The summed E-state index contributed by atoms with van der Waals surface area (Å²) < 4.78 is 5.18. The molecule has 0 fully saturated rings. The Morgan fingerprint density at radius 1 is 1.25 bits per heavy atom. The van der Waals surface area contributed by atoms with Gasteiger partial charge in [0.15, 0.2) is 6.10 Å². The zero-order chi connectivity index (χ0) is 20.7. The van der Waals surface area contributed by atoms with Crippen molar-refractivity contribution in [1.82, 2.24) is 0 Å². The zero-order valence-electron chi connectivity index (χ0n) is 15.5. The molecule has 28 heavy (non-hydrogen) atoms. The van der Waals surface area contributed by atoms with Crippen molar-refractivity contribution in [2.75, 3.05) is 23.8 Å². The number of aryl methyl sites for hydroxylation is 1. The molecule has 148 valence electrons. The number of hydrogen-bond donors (Lipinski definition) is 3. The van der Waals surface area contributed by atoms with E-state index in [0.29, 0.717) is 5.69 Å². The Balaban J connectivity index is 2.14. The second-order valence-corrected chi connectivity index (χ2v) is 6.04. The Morgan fingerprint density at radius 3 is 2.64 bits per heavy atom. The Kier molecular flexibility index (Phi) is 7.05. The topological polar surface area (TPSA) is 131 Å². The first kappa shape index (κ1) is 20.8. The van der Waals surface area contributed by atoms with Crippen molar-refractivity contribution in [3.05, 3.63) is 63.7 Å². The van der Waals surface area contributed by atoms with Gasteiger partial charge in [-0.15, -0.1) is 0 Å². The van der Waals surface area contributed by atoms with Crippen molar-refractivity contribution < 1.29 is 24.4 Å². The number of aliphatic hydroxyl groups is 1. The number of benzene rings is 2. The minimum atomic E-state index is -1.13. The Hall–Kier alpha value is -3.46. The van der Waals surface area contributed by atoms with Gasteiger partial charge >= 0.3 is 5.97 Å². The van der Waals surface area contributed by atoms with Crippen molar-refractivity contribution in [2.24, 2.45) is 0 Å². The summed E-state index contributed by atoms with van der Waals surface area (Å²) in [7, 11) is 0. The van der Waals surface area contributed by atoms with Gasteiger partial charge in [0, 0.05) is 30.1 Å².